The molecule has 0 aliphatic carbocycles. The van der Waals surface area contributed by atoms with Gasteiger partial charge >= 0.3 is 6.03 Å². The average Bonchev–Trinajstić information content (AvgIpc) is 3.11. The molecule has 0 bridgehead atoms. The number of urea groups is 1. The average molecular weight is 330 g/mol. The highest BCUT2D eigenvalue weighted by Crippen LogP contribution is 2.17. The SMILES string of the molecule is O=C(NCCN1CCOCC1)NCc1coc(-c2ccccc2)n1. The Kier molecular flexibility index (Phi) is 5.81. The lowest BCUT2D eigenvalue weighted by molar-refractivity contribution is 0.0387. The number of rotatable bonds is 6. The molecule has 128 valence electrons. The van der Waals surface area contributed by atoms with Crippen LogP contribution in [0.1, 0.15) is 5.69 Å². The zero-order valence-corrected chi connectivity index (χ0v) is 13.5. The molecule has 24 heavy (non-hydrogen) atoms. The summed E-state index contributed by atoms with van der Waals surface area (Å²) in [6, 6.07) is 9.46. The van der Waals surface area contributed by atoms with Gasteiger partial charge in [0.05, 0.1) is 25.5 Å². The number of hydrogen-bond donors (Lipinski definition) is 2. The topological polar surface area (TPSA) is 79.6 Å². The van der Waals surface area contributed by atoms with E-state index in [-0.39, 0.29) is 6.03 Å². The van der Waals surface area contributed by atoms with Crippen LogP contribution in [0.5, 0.6) is 0 Å². The van der Waals surface area contributed by atoms with E-state index in [0.29, 0.717) is 24.7 Å². The van der Waals surface area contributed by atoms with Crippen LogP contribution in [0.3, 0.4) is 0 Å². The first kappa shape index (κ1) is 16.5. The van der Waals surface area contributed by atoms with Gasteiger partial charge in [-0.15, -0.1) is 0 Å². The van der Waals surface area contributed by atoms with Gasteiger partial charge in [0.15, 0.2) is 0 Å². The third-order valence-corrected chi connectivity index (χ3v) is 3.82. The standard InChI is InChI=1S/C17H22N4O3/c22-17(18-6-7-21-8-10-23-11-9-21)19-12-15-13-24-16(20-15)14-4-2-1-3-5-14/h1-5,13H,6-12H2,(H2,18,19,22). The summed E-state index contributed by atoms with van der Waals surface area (Å²) in [5, 5.41) is 5.63. The zero-order chi connectivity index (χ0) is 16.6. The largest absolute Gasteiger partial charge is 0.444 e. The van der Waals surface area contributed by atoms with Crippen molar-refractivity contribution in [2.45, 2.75) is 6.54 Å². The quantitative estimate of drug-likeness (QED) is 0.838. The van der Waals surface area contributed by atoms with Crippen LogP contribution in [0, 0.1) is 0 Å². The van der Waals surface area contributed by atoms with Crippen molar-refractivity contribution in [3.63, 3.8) is 0 Å². The van der Waals surface area contributed by atoms with Crippen molar-refractivity contribution in [1.29, 1.82) is 0 Å². The van der Waals surface area contributed by atoms with Crippen LogP contribution in [-0.4, -0.2) is 55.3 Å². The van der Waals surface area contributed by atoms with Crippen LogP contribution in [0.15, 0.2) is 41.0 Å². The predicted molar refractivity (Wildman–Crippen MR) is 89.4 cm³/mol. The Hall–Kier alpha value is -2.38. The third-order valence-electron chi connectivity index (χ3n) is 3.82. The van der Waals surface area contributed by atoms with Crippen LogP contribution in [0.2, 0.25) is 0 Å². The highest BCUT2D eigenvalue weighted by atomic mass is 16.5. The van der Waals surface area contributed by atoms with Gasteiger partial charge in [-0.2, -0.15) is 0 Å². The van der Waals surface area contributed by atoms with Gasteiger partial charge in [0.2, 0.25) is 5.89 Å². The normalized spacial score (nSPS) is 15.2. The van der Waals surface area contributed by atoms with Crippen LogP contribution < -0.4 is 10.6 Å². The number of carbonyl (C=O) groups is 1. The lowest BCUT2D eigenvalue weighted by atomic mass is 10.2. The molecule has 2 amide bonds. The maximum atomic E-state index is 11.8. The number of nitrogens with zero attached hydrogens (tertiary/aromatic N) is 2. The summed E-state index contributed by atoms with van der Waals surface area (Å²) in [5.41, 5.74) is 1.61. The molecule has 1 aliphatic heterocycles. The van der Waals surface area contributed by atoms with Crippen molar-refractivity contribution in [2.24, 2.45) is 0 Å². The van der Waals surface area contributed by atoms with Crippen molar-refractivity contribution in [3.05, 3.63) is 42.3 Å². The van der Waals surface area contributed by atoms with Gasteiger partial charge in [-0.1, -0.05) is 18.2 Å². The highest BCUT2D eigenvalue weighted by Gasteiger charge is 2.10. The number of ether oxygens (including phenoxy) is 1. The second-order valence-corrected chi connectivity index (χ2v) is 5.57. The molecule has 1 aromatic carbocycles. The summed E-state index contributed by atoms with van der Waals surface area (Å²) in [6.45, 7) is 5.15. The van der Waals surface area contributed by atoms with Gasteiger partial charge in [-0.25, -0.2) is 9.78 Å². The van der Waals surface area contributed by atoms with E-state index in [9.17, 15) is 4.79 Å². The summed E-state index contributed by atoms with van der Waals surface area (Å²) in [4.78, 5) is 18.5. The Labute approximate surface area is 141 Å². The molecule has 1 saturated heterocycles. The second kappa shape index (κ2) is 8.47. The molecule has 3 rings (SSSR count). The van der Waals surface area contributed by atoms with E-state index in [2.05, 4.69) is 20.5 Å². The molecule has 0 radical (unpaired) electrons. The summed E-state index contributed by atoms with van der Waals surface area (Å²) >= 11 is 0. The van der Waals surface area contributed by atoms with E-state index in [0.717, 1.165) is 38.4 Å². The molecular weight excluding hydrogens is 308 g/mol. The molecule has 0 saturated carbocycles. The summed E-state index contributed by atoms with van der Waals surface area (Å²) in [7, 11) is 0. The third kappa shape index (κ3) is 4.81. The van der Waals surface area contributed by atoms with Crippen LogP contribution in [0.25, 0.3) is 11.5 Å². The summed E-state index contributed by atoms with van der Waals surface area (Å²) in [6.07, 6.45) is 1.57. The number of aromatic nitrogens is 1. The first-order valence-electron chi connectivity index (χ1n) is 8.13. The Morgan fingerprint density at radius 3 is 2.75 bits per heavy atom. The molecule has 7 heteroatoms. The Balaban J connectivity index is 1.38. The lowest BCUT2D eigenvalue weighted by Crippen LogP contribution is -2.43. The minimum Gasteiger partial charge on any atom is -0.444 e. The van der Waals surface area contributed by atoms with Gasteiger partial charge in [0.25, 0.3) is 0 Å². The summed E-state index contributed by atoms with van der Waals surface area (Å²) < 4.78 is 10.7. The Bertz CT molecular complexity index is 638. The molecule has 2 heterocycles. The van der Waals surface area contributed by atoms with Crippen molar-refractivity contribution < 1.29 is 13.9 Å². The van der Waals surface area contributed by atoms with E-state index in [4.69, 9.17) is 9.15 Å². The first-order chi connectivity index (χ1) is 11.8. The van der Waals surface area contributed by atoms with E-state index >= 15 is 0 Å². The number of hydrogen-bond acceptors (Lipinski definition) is 5. The van der Waals surface area contributed by atoms with E-state index < -0.39 is 0 Å². The van der Waals surface area contributed by atoms with Gasteiger partial charge in [-0.3, -0.25) is 4.90 Å². The Morgan fingerprint density at radius 1 is 1.17 bits per heavy atom. The van der Waals surface area contributed by atoms with Crippen molar-refractivity contribution in [1.82, 2.24) is 20.5 Å². The second-order valence-electron chi connectivity index (χ2n) is 5.57. The minimum absolute atomic E-state index is 0.201. The van der Waals surface area contributed by atoms with Gasteiger partial charge in [0.1, 0.15) is 6.26 Å². The molecule has 0 atom stereocenters. The van der Waals surface area contributed by atoms with Crippen LogP contribution in [-0.2, 0) is 11.3 Å². The van der Waals surface area contributed by atoms with Crippen LogP contribution in [0.4, 0.5) is 4.79 Å². The van der Waals surface area contributed by atoms with Crippen molar-refractivity contribution in [2.75, 3.05) is 39.4 Å². The molecule has 2 N–H and O–H groups in total. The molecule has 1 fully saturated rings. The van der Waals surface area contributed by atoms with E-state index in [1.165, 1.54) is 0 Å². The predicted octanol–water partition coefficient (Wildman–Crippen LogP) is 1.47. The van der Waals surface area contributed by atoms with E-state index in [1.807, 2.05) is 30.3 Å². The van der Waals surface area contributed by atoms with Crippen molar-refractivity contribution >= 4 is 6.03 Å². The number of nitrogens with one attached hydrogen (secondary N) is 2. The fraction of sp³-hybridized carbons (Fsp3) is 0.412. The molecular formula is C17H22N4O3. The monoisotopic (exact) mass is 330 g/mol. The maximum Gasteiger partial charge on any atom is 0.315 e. The fourth-order valence-corrected chi connectivity index (χ4v) is 2.49. The minimum atomic E-state index is -0.201. The van der Waals surface area contributed by atoms with E-state index in [1.54, 1.807) is 6.26 Å². The smallest absolute Gasteiger partial charge is 0.315 e. The number of morpholine rings is 1. The lowest BCUT2D eigenvalue weighted by Gasteiger charge is -2.26. The maximum absolute atomic E-state index is 11.8. The number of oxazole rings is 1. The van der Waals surface area contributed by atoms with Crippen molar-refractivity contribution in [3.8, 4) is 11.5 Å². The molecule has 0 unspecified atom stereocenters. The summed E-state index contributed by atoms with van der Waals surface area (Å²) in [5.74, 6) is 0.556. The van der Waals surface area contributed by atoms with Gasteiger partial charge in [-0.05, 0) is 12.1 Å². The first-order valence-corrected chi connectivity index (χ1v) is 8.13. The molecule has 2 aromatic rings. The number of amides is 2. The molecule has 1 aromatic heterocycles. The van der Waals surface area contributed by atoms with Gasteiger partial charge < -0.3 is 19.8 Å². The number of carbonyl (C=O) groups excluding carboxylic acids is 1. The molecule has 0 spiro atoms. The molecule has 7 nitrogen and oxygen atoms in total. The number of benzene rings is 1. The highest BCUT2D eigenvalue weighted by molar-refractivity contribution is 5.73. The molecule has 1 aliphatic rings. The Morgan fingerprint density at radius 2 is 1.96 bits per heavy atom. The van der Waals surface area contributed by atoms with Gasteiger partial charge in [0, 0.05) is 31.7 Å². The fourth-order valence-electron chi connectivity index (χ4n) is 2.49. The zero-order valence-electron chi connectivity index (χ0n) is 13.5. The van der Waals surface area contributed by atoms with Crippen LogP contribution >= 0.6 is 0 Å².